The number of carbonyl (C=O) groups is 2. The largest absolute Gasteiger partial charge is 0.495 e. The molecule has 6 heteroatoms. The molecule has 0 spiro atoms. The summed E-state index contributed by atoms with van der Waals surface area (Å²) in [6.45, 7) is 0. The van der Waals surface area contributed by atoms with E-state index in [1.54, 1.807) is 54.6 Å². The number of ether oxygens (including phenoxy) is 1. The summed E-state index contributed by atoms with van der Waals surface area (Å²) in [6, 6.07) is 15.4. The van der Waals surface area contributed by atoms with Gasteiger partial charge in [-0.05, 0) is 24.3 Å². The van der Waals surface area contributed by atoms with Gasteiger partial charge in [-0.15, -0.1) is 0 Å². The number of nitrogens with one attached hydrogen (secondary N) is 2. The third-order valence-corrected chi connectivity index (χ3v) is 3.04. The van der Waals surface area contributed by atoms with E-state index in [1.165, 1.54) is 7.11 Å². The number of methoxy groups -OCH3 is 1. The Balaban J connectivity index is 2.23. The quantitative estimate of drug-likeness (QED) is 0.888. The number of para-hydroxylation sites is 3. The molecule has 116 valence electrons. The van der Waals surface area contributed by atoms with E-state index in [-0.39, 0.29) is 12.3 Å². The first kappa shape index (κ1) is 16.0. The topological polar surface area (TPSA) is 91.2 Å². The highest BCUT2D eigenvalue weighted by Crippen LogP contribution is 2.25. The smallest absolute Gasteiger partial charge is 0.257 e. The molecule has 0 aliphatic carbocycles. The molecule has 0 bridgehead atoms. The number of nitrogens with zero attached hydrogens (tertiary/aromatic N) is 1. The Morgan fingerprint density at radius 1 is 1.04 bits per heavy atom. The Kier molecular flexibility index (Phi) is 5.31. The molecule has 2 rings (SSSR count). The normalized spacial score (nSPS) is 9.57. The summed E-state index contributed by atoms with van der Waals surface area (Å²) in [6.07, 6.45) is -0.275. The van der Waals surface area contributed by atoms with Crippen LogP contribution >= 0.6 is 0 Å². The van der Waals surface area contributed by atoms with Crippen molar-refractivity contribution in [3.8, 4) is 11.8 Å². The summed E-state index contributed by atoms with van der Waals surface area (Å²) in [5.41, 5.74) is 1.17. The summed E-state index contributed by atoms with van der Waals surface area (Å²) < 4.78 is 5.19. The van der Waals surface area contributed by atoms with Crippen molar-refractivity contribution in [3.05, 3.63) is 54.1 Å². The van der Waals surface area contributed by atoms with Crippen LogP contribution in [0.2, 0.25) is 0 Å². The molecule has 23 heavy (non-hydrogen) atoms. The summed E-state index contributed by atoms with van der Waals surface area (Å²) in [5.74, 6) is -0.320. The molecule has 0 aliphatic heterocycles. The van der Waals surface area contributed by atoms with Crippen molar-refractivity contribution < 1.29 is 14.3 Å². The lowest BCUT2D eigenvalue weighted by Gasteiger charge is -2.12. The van der Waals surface area contributed by atoms with Gasteiger partial charge < -0.3 is 15.4 Å². The number of hydrogen-bond donors (Lipinski definition) is 2. The molecule has 0 heterocycles. The highest BCUT2D eigenvalue weighted by atomic mass is 16.5. The van der Waals surface area contributed by atoms with Crippen molar-refractivity contribution in [1.82, 2.24) is 0 Å². The first-order valence-electron chi connectivity index (χ1n) is 6.86. The molecule has 0 aromatic heterocycles. The number of benzene rings is 2. The number of nitriles is 1. The minimum absolute atomic E-state index is 0.275. The van der Waals surface area contributed by atoms with Crippen molar-refractivity contribution in [2.45, 2.75) is 6.42 Å². The van der Waals surface area contributed by atoms with Crippen molar-refractivity contribution in [2.24, 2.45) is 0 Å². The maximum Gasteiger partial charge on any atom is 0.257 e. The zero-order valence-electron chi connectivity index (χ0n) is 12.5. The molecule has 6 nitrogen and oxygen atoms in total. The Labute approximate surface area is 133 Å². The van der Waals surface area contributed by atoms with Crippen LogP contribution in [0.5, 0.6) is 5.75 Å². The van der Waals surface area contributed by atoms with Crippen LogP contribution in [0.15, 0.2) is 48.5 Å². The number of carbonyl (C=O) groups excluding carboxylic acids is 2. The molecule has 0 unspecified atom stereocenters. The molecule has 0 aliphatic rings. The highest BCUT2D eigenvalue weighted by Gasteiger charge is 2.14. The van der Waals surface area contributed by atoms with E-state index in [9.17, 15) is 9.59 Å². The van der Waals surface area contributed by atoms with Crippen LogP contribution in [0, 0.1) is 11.3 Å². The molecule has 0 radical (unpaired) electrons. The summed E-state index contributed by atoms with van der Waals surface area (Å²) in [4.78, 5) is 24.0. The van der Waals surface area contributed by atoms with Crippen LogP contribution in [0.1, 0.15) is 16.8 Å². The third kappa shape index (κ3) is 4.08. The molecule has 2 aromatic rings. The molecule has 2 aromatic carbocycles. The van der Waals surface area contributed by atoms with Gasteiger partial charge in [-0.3, -0.25) is 9.59 Å². The van der Waals surface area contributed by atoms with Gasteiger partial charge in [0.05, 0.1) is 30.1 Å². The van der Waals surface area contributed by atoms with Crippen molar-refractivity contribution >= 4 is 23.2 Å². The fraction of sp³-hybridized carbons (Fsp3) is 0.118. The van der Waals surface area contributed by atoms with E-state index in [1.807, 2.05) is 0 Å². The lowest BCUT2D eigenvalue weighted by molar-refractivity contribution is -0.115. The van der Waals surface area contributed by atoms with E-state index in [4.69, 9.17) is 10.00 Å². The number of anilines is 2. The van der Waals surface area contributed by atoms with E-state index in [2.05, 4.69) is 10.6 Å². The number of rotatable bonds is 5. The Hall–Kier alpha value is -3.33. The zero-order valence-corrected chi connectivity index (χ0v) is 12.5. The van der Waals surface area contributed by atoms with Gasteiger partial charge >= 0.3 is 0 Å². The fourth-order valence-electron chi connectivity index (χ4n) is 1.99. The molecule has 2 N–H and O–H groups in total. The van der Waals surface area contributed by atoms with E-state index in [0.29, 0.717) is 22.7 Å². The molecule has 0 saturated heterocycles. The second kappa shape index (κ2) is 7.61. The van der Waals surface area contributed by atoms with E-state index < -0.39 is 5.91 Å². The van der Waals surface area contributed by atoms with Gasteiger partial charge in [-0.25, -0.2) is 0 Å². The van der Waals surface area contributed by atoms with Crippen LogP contribution in [-0.4, -0.2) is 18.9 Å². The van der Waals surface area contributed by atoms with Gasteiger partial charge in [0.25, 0.3) is 5.91 Å². The van der Waals surface area contributed by atoms with Crippen LogP contribution in [-0.2, 0) is 4.79 Å². The molecular formula is C17H15N3O3. The number of hydrogen-bond acceptors (Lipinski definition) is 4. The lowest BCUT2D eigenvalue weighted by atomic mass is 10.1. The van der Waals surface area contributed by atoms with Gasteiger partial charge in [0.15, 0.2) is 0 Å². The molecule has 0 saturated carbocycles. The second-order valence-electron chi connectivity index (χ2n) is 4.58. The Morgan fingerprint density at radius 3 is 2.39 bits per heavy atom. The monoisotopic (exact) mass is 309 g/mol. The van der Waals surface area contributed by atoms with Crippen molar-refractivity contribution in [2.75, 3.05) is 17.7 Å². The molecular weight excluding hydrogens is 294 g/mol. The van der Waals surface area contributed by atoms with Crippen LogP contribution in [0.25, 0.3) is 0 Å². The summed E-state index contributed by atoms with van der Waals surface area (Å²) in [5, 5.41) is 13.8. The van der Waals surface area contributed by atoms with Crippen LogP contribution < -0.4 is 15.4 Å². The Morgan fingerprint density at radius 2 is 1.70 bits per heavy atom. The predicted molar refractivity (Wildman–Crippen MR) is 86.2 cm³/mol. The third-order valence-electron chi connectivity index (χ3n) is 3.04. The van der Waals surface area contributed by atoms with Gasteiger partial charge in [-0.1, -0.05) is 24.3 Å². The standard InChI is InChI=1S/C17H15N3O3/c1-23-15-9-5-4-8-14(15)20-17(22)12-6-2-3-7-13(12)19-16(21)10-11-18/h2-9H,10H2,1H3,(H,19,21)(H,20,22). The predicted octanol–water partition coefficient (Wildman–Crippen LogP) is 2.80. The van der Waals surface area contributed by atoms with Gasteiger partial charge in [0.1, 0.15) is 12.2 Å². The first-order chi connectivity index (χ1) is 11.2. The Bertz CT molecular complexity index is 766. The van der Waals surface area contributed by atoms with E-state index in [0.717, 1.165) is 0 Å². The second-order valence-corrected chi connectivity index (χ2v) is 4.58. The van der Waals surface area contributed by atoms with Gasteiger partial charge in [-0.2, -0.15) is 5.26 Å². The maximum absolute atomic E-state index is 12.5. The molecule has 0 fully saturated rings. The van der Waals surface area contributed by atoms with Gasteiger partial charge in [0.2, 0.25) is 5.91 Å². The summed E-state index contributed by atoms with van der Waals surface area (Å²) >= 11 is 0. The lowest BCUT2D eigenvalue weighted by Crippen LogP contribution is -2.18. The maximum atomic E-state index is 12.5. The first-order valence-corrected chi connectivity index (χ1v) is 6.86. The summed E-state index contributed by atoms with van der Waals surface area (Å²) in [7, 11) is 1.51. The average Bonchev–Trinajstić information content (AvgIpc) is 2.56. The SMILES string of the molecule is COc1ccccc1NC(=O)c1ccccc1NC(=O)CC#N. The molecule has 2 amide bonds. The van der Waals surface area contributed by atoms with Crippen LogP contribution in [0.4, 0.5) is 11.4 Å². The molecule has 0 atom stereocenters. The van der Waals surface area contributed by atoms with Gasteiger partial charge in [0, 0.05) is 0 Å². The highest BCUT2D eigenvalue weighted by molar-refractivity contribution is 6.10. The van der Waals surface area contributed by atoms with E-state index >= 15 is 0 Å². The van der Waals surface area contributed by atoms with Crippen molar-refractivity contribution in [3.63, 3.8) is 0 Å². The van der Waals surface area contributed by atoms with Crippen molar-refractivity contribution in [1.29, 1.82) is 5.26 Å². The number of amides is 2. The minimum Gasteiger partial charge on any atom is -0.495 e. The average molecular weight is 309 g/mol. The fourth-order valence-corrected chi connectivity index (χ4v) is 1.99. The zero-order chi connectivity index (χ0) is 16.7. The van der Waals surface area contributed by atoms with Crippen LogP contribution in [0.3, 0.4) is 0 Å². The minimum atomic E-state index is -0.468.